The van der Waals surface area contributed by atoms with Crippen LogP contribution < -0.4 is 9.47 Å². The highest BCUT2D eigenvalue weighted by Gasteiger charge is 2.37. The van der Waals surface area contributed by atoms with Crippen molar-refractivity contribution in [2.24, 2.45) is 0 Å². The third-order valence-corrected chi connectivity index (χ3v) is 6.72. The van der Waals surface area contributed by atoms with E-state index in [4.69, 9.17) is 14.2 Å². The molecule has 204 valence electrons. The van der Waals surface area contributed by atoms with E-state index in [-0.39, 0.29) is 40.2 Å². The molecule has 2 fully saturated rings. The first kappa shape index (κ1) is 27.6. The number of nitrogens with zero attached hydrogens (tertiary/aromatic N) is 3. The lowest BCUT2D eigenvalue weighted by Gasteiger charge is -2.28. The lowest BCUT2D eigenvalue weighted by atomic mass is 10.1. The van der Waals surface area contributed by atoms with Crippen LogP contribution in [0.3, 0.4) is 0 Å². The Labute approximate surface area is 226 Å². The number of nitro benzene ring substituents is 1. The number of rotatable bonds is 8. The molecule has 0 atom stereocenters. The molecule has 0 aliphatic carbocycles. The maximum Gasteiger partial charge on any atom is 0.338 e. The largest absolute Gasteiger partial charge is 0.493 e. The number of methoxy groups -OCH3 is 2. The predicted molar refractivity (Wildman–Crippen MR) is 138 cm³/mol. The van der Waals surface area contributed by atoms with E-state index < -0.39 is 27.7 Å². The zero-order valence-electron chi connectivity index (χ0n) is 20.9. The highest BCUT2D eigenvalue weighted by molar-refractivity contribution is 8.18. The van der Waals surface area contributed by atoms with Crippen LogP contribution in [0.15, 0.2) is 41.3 Å². The molecular weight excluding hydrogens is 534 g/mol. The number of hydrogen-bond donors (Lipinski definition) is 0. The summed E-state index contributed by atoms with van der Waals surface area (Å²) in [5.74, 6) is -1.47. The number of carbonyl (C=O) groups is 4. The van der Waals surface area contributed by atoms with E-state index in [0.717, 1.165) is 18.1 Å². The van der Waals surface area contributed by atoms with E-state index in [1.54, 1.807) is 11.0 Å². The number of thioether (sulfide) groups is 1. The van der Waals surface area contributed by atoms with Crippen LogP contribution >= 0.6 is 11.8 Å². The maximum absolute atomic E-state index is 12.9. The van der Waals surface area contributed by atoms with Crippen LogP contribution in [-0.4, -0.2) is 84.8 Å². The van der Waals surface area contributed by atoms with Crippen LogP contribution in [0.5, 0.6) is 17.2 Å². The molecule has 0 saturated carbocycles. The zero-order valence-corrected chi connectivity index (χ0v) is 21.7. The Bertz CT molecular complexity index is 1370. The van der Waals surface area contributed by atoms with Crippen molar-refractivity contribution in [1.82, 2.24) is 9.80 Å². The first-order chi connectivity index (χ1) is 18.7. The zero-order chi connectivity index (χ0) is 28.1. The average Bonchev–Trinajstić information content (AvgIpc) is 3.20. The Morgan fingerprint density at radius 2 is 1.79 bits per heavy atom. The van der Waals surface area contributed by atoms with Crippen LogP contribution in [-0.2, 0) is 19.1 Å². The van der Waals surface area contributed by atoms with E-state index in [1.165, 1.54) is 37.5 Å². The minimum Gasteiger partial charge on any atom is -0.493 e. The quantitative estimate of drug-likeness (QED) is 0.203. The second-order valence-corrected chi connectivity index (χ2v) is 9.20. The third-order valence-electron chi connectivity index (χ3n) is 5.81. The molecule has 0 N–H and O–H groups in total. The standard InChI is InChI=1S/C25H23N3O10S/c1-35-20-11-15(3-5-19(20)38-18-6-4-16(24(31)36-2)13-17(18)28(33)34)12-21-23(30)27(25(32)39-21)14-22(29)26-7-9-37-10-8-26/h3-6,11-13H,7-10,14H2,1-2H3/b21-12-. The molecule has 39 heavy (non-hydrogen) atoms. The SMILES string of the molecule is COC(=O)c1ccc(Oc2ccc(/C=C3\SC(=O)N(CC(=O)N4CCOCC4)C3=O)cc2OC)c([N+](=O)[O-])c1. The smallest absolute Gasteiger partial charge is 0.338 e. The van der Waals surface area contributed by atoms with Crippen molar-refractivity contribution in [3.05, 3.63) is 62.5 Å². The third kappa shape index (κ3) is 6.18. The highest BCUT2D eigenvalue weighted by atomic mass is 32.2. The molecule has 0 bridgehead atoms. The summed E-state index contributed by atoms with van der Waals surface area (Å²) in [4.78, 5) is 63.0. The van der Waals surface area contributed by atoms with Gasteiger partial charge in [-0.1, -0.05) is 6.07 Å². The predicted octanol–water partition coefficient (Wildman–Crippen LogP) is 3.08. The lowest BCUT2D eigenvalue weighted by molar-refractivity contribution is -0.385. The van der Waals surface area contributed by atoms with Crippen molar-refractivity contribution in [3.8, 4) is 17.2 Å². The van der Waals surface area contributed by atoms with Crippen LogP contribution in [0.2, 0.25) is 0 Å². The number of hydrogen-bond acceptors (Lipinski definition) is 11. The molecule has 0 unspecified atom stereocenters. The van der Waals surface area contributed by atoms with Crippen molar-refractivity contribution >= 4 is 46.5 Å². The van der Waals surface area contributed by atoms with Crippen LogP contribution in [0, 0.1) is 10.1 Å². The number of morpholine rings is 1. The molecule has 0 aromatic heterocycles. The number of carbonyl (C=O) groups excluding carboxylic acids is 4. The molecule has 2 aliphatic heterocycles. The number of ether oxygens (including phenoxy) is 4. The van der Waals surface area contributed by atoms with Gasteiger partial charge < -0.3 is 23.8 Å². The highest BCUT2D eigenvalue weighted by Crippen LogP contribution is 2.39. The van der Waals surface area contributed by atoms with E-state index in [2.05, 4.69) is 4.74 Å². The van der Waals surface area contributed by atoms with Gasteiger partial charge in [0.25, 0.3) is 11.1 Å². The van der Waals surface area contributed by atoms with Crippen molar-refractivity contribution in [3.63, 3.8) is 0 Å². The summed E-state index contributed by atoms with van der Waals surface area (Å²) in [7, 11) is 2.53. The van der Waals surface area contributed by atoms with Crippen molar-refractivity contribution in [1.29, 1.82) is 0 Å². The second kappa shape index (κ2) is 12.0. The monoisotopic (exact) mass is 557 g/mol. The summed E-state index contributed by atoms with van der Waals surface area (Å²) >= 11 is 0.714. The number of benzene rings is 2. The molecule has 2 heterocycles. The number of amides is 3. The maximum atomic E-state index is 12.9. The molecule has 0 radical (unpaired) electrons. The average molecular weight is 558 g/mol. The Morgan fingerprint density at radius 3 is 2.46 bits per heavy atom. The van der Waals surface area contributed by atoms with Gasteiger partial charge in [-0.25, -0.2) is 4.79 Å². The van der Waals surface area contributed by atoms with Crippen LogP contribution in [0.1, 0.15) is 15.9 Å². The summed E-state index contributed by atoms with van der Waals surface area (Å²) in [5, 5.41) is 11.0. The van der Waals surface area contributed by atoms with Gasteiger partial charge in [0.1, 0.15) is 6.54 Å². The number of nitro groups is 1. The fraction of sp³-hybridized carbons (Fsp3) is 0.280. The first-order valence-corrected chi connectivity index (χ1v) is 12.4. The molecule has 13 nitrogen and oxygen atoms in total. The van der Waals surface area contributed by atoms with Crippen molar-refractivity contribution < 1.29 is 43.0 Å². The minimum absolute atomic E-state index is 0.0144. The molecule has 3 amide bonds. The van der Waals surface area contributed by atoms with Gasteiger partial charge in [-0.2, -0.15) is 0 Å². The number of imide groups is 1. The van der Waals surface area contributed by atoms with Gasteiger partial charge in [-0.15, -0.1) is 0 Å². The fourth-order valence-corrected chi connectivity index (χ4v) is 4.64. The van der Waals surface area contributed by atoms with Gasteiger partial charge in [0.2, 0.25) is 11.7 Å². The Hall–Kier alpha value is -4.43. The summed E-state index contributed by atoms with van der Waals surface area (Å²) in [6.07, 6.45) is 1.48. The van der Waals surface area contributed by atoms with E-state index >= 15 is 0 Å². The van der Waals surface area contributed by atoms with Gasteiger partial charge in [0.15, 0.2) is 11.5 Å². The normalized spacial score (nSPS) is 16.4. The molecule has 4 rings (SSSR count). The Balaban J connectivity index is 1.52. The van der Waals surface area contributed by atoms with Gasteiger partial charge in [-0.05, 0) is 47.7 Å². The summed E-state index contributed by atoms with van der Waals surface area (Å²) in [5.41, 5.74) is 0.0172. The van der Waals surface area contributed by atoms with Crippen molar-refractivity contribution in [2.75, 3.05) is 47.1 Å². The first-order valence-electron chi connectivity index (χ1n) is 11.6. The van der Waals surface area contributed by atoms with Crippen molar-refractivity contribution in [2.45, 2.75) is 0 Å². The Kier molecular flexibility index (Phi) is 8.46. The molecule has 0 spiro atoms. The summed E-state index contributed by atoms with van der Waals surface area (Å²) in [6, 6.07) is 8.22. The van der Waals surface area contributed by atoms with E-state index in [0.29, 0.717) is 43.6 Å². The molecule has 2 aromatic rings. The molecule has 2 saturated heterocycles. The van der Waals surface area contributed by atoms with E-state index in [1.807, 2.05) is 0 Å². The topological polar surface area (TPSA) is 155 Å². The molecule has 2 aliphatic rings. The Morgan fingerprint density at radius 1 is 1.08 bits per heavy atom. The van der Waals surface area contributed by atoms with Crippen LogP contribution in [0.25, 0.3) is 6.08 Å². The van der Waals surface area contributed by atoms with Crippen LogP contribution in [0.4, 0.5) is 10.5 Å². The molecule has 14 heteroatoms. The van der Waals surface area contributed by atoms with Gasteiger partial charge >= 0.3 is 11.7 Å². The second-order valence-electron chi connectivity index (χ2n) is 8.20. The molecular formula is C25H23N3O10S. The molecule has 2 aromatic carbocycles. The van der Waals surface area contributed by atoms with E-state index in [9.17, 15) is 29.3 Å². The fourth-order valence-electron chi connectivity index (χ4n) is 3.80. The summed E-state index contributed by atoms with van der Waals surface area (Å²) < 4.78 is 20.9. The van der Waals surface area contributed by atoms with Gasteiger partial charge in [0.05, 0.1) is 42.8 Å². The minimum atomic E-state index is -0.735. The lowest BCUT2D eigenvalue weighted by Crippen LogP contribution is -2.46. The van der Waals surface area contributed by atoms with Gasteiger partial charge in [-0.3, -0.25) is 29.4 Å². The number of esters is 1. The van der Waals surface area contributed by atoms with Gasteiger partial charge in [0, 0.05) is 19.2 Å². The summed E-state index contributed by atoms with van der Waals surface area (Å²) in [6.45, 7) is 1.25.